The van der Waals surface area contributed by atoms with Crippen LogP contribution in [0, 0.1) is 6.92 Å². The second-order valence-electron chi connectivity index (χ2n) is 3.35. The van der Waals surface area contributed by atoms with Gasteiger partial charge in [0.1, 0.15) is 0 Å². The van der Waals surface area contributed by atoms with Gasteiger partial charge < -0.3 is 5.32 Å². The third-order valence-corrected chi connectivity index (χ3v) is 3.13. The van der Waals surface area contributed by atoms with Crippen LogP contribution in [-0.2, 0) is 0 Å². The smallest absolute Gasteiger partial charge is 0.0328 e. The van der Waals surface area contributed by atoms with Gasteiger partial charge in [-0.25, -0.2) is 0 Å². The zero-order valence-electron chi connectivity index (χ0n) is 8.55. The summed E-state index contributed by atoms with van der Waals surface area (Å²) < 4.78 is 1.14. The van der Waals surface area contributed by atoms with Gasteiger partial charge in [0.15, 0.2) is 0 Å². The first-order chi connectivity index (χ1) is 6.69. The summed E-state index contributed by atoms with van der Waals surface area (Å²) in [5.74, 6) is 0.900. The quantitative estimate of drug-likeness (QED) is 0.802. The minimum absolute atomic E-state index is 0.407. The van der Waals surface area contributed by atoms with Gasteiger partial charge in [0.2, 0.25) is 0 Å². The molecule has 14 heavy (non-hydrogen) atoms. The lowest BCUT2D eigenvalue weighted by Crippen LogP contribution is -2.17. The van der Waals surface area contributed by atoms with E-state index in [0.29, 0.717) is 6.04 Å². The van der Waals surface area contributed by atoms with Gasteiger partial charge in [-0.05, 0) is 49.4 Å². The highest BCUT2D eigenvalue weighted by Gasteiger charge is 2.10. The van der Waals surface area contributed by atoms with Crippen LogP contribution in [0.5, 0.6) is 0 Å². The molecule has 1 aromatic rings. The molecule has 78 valence electrons. The molecule has 0 amide bonds. The topological polar surface area (TPSA) is 12.0 Å². The van der Waals surface area contributed by atoms with Crippen molar-refractivity contribution in [2.24, 2.45) is 0 Å². The predicted molar refractivity (Wildman–Crippen MR) is 69.1 cm³/mol. The number of halogens is 1. The third kappa shape index (κ3) is 3.01. The van der Waals surface area contributed by atoms with Crippen molar-refractivity contribution in [2.75, 3.05) is 12.8 Å². The Morgan fingerprint density at radius 3 is 2.79 bits per heavy atom. The van der Waals surface area contributed by atoms with Crippen molar-refractivity contribution in [3.63, 3.8) is 0 Å². The van der Waals surface area contributed by atoms with E-state index < -0.39 is 0 Å². The number of nitrogens with one attached hydrogen (secondary N) is 1. The zero-order chi connectivity index (χ0) is 10.6. The summed E-state index contributed by atoms with van der Waals surface area (Å²) in [5.41, 5.74) is 2.69. The van der Waals surface area contributed by atoms with Crippen molar-refractivity contribution < 1.29 is 0 Å². The molecule has 0 aliphatic heterocycles. The highest BCUT2D eigenvalue weighted by atomic mass is 79.9. The predicted octanol–water partition coefficient (Wildman–Crippen LogP) is 3.34. The lowest BCUT2D eigenvalue weighted by molar-refractivity contribution is 0.578. The van der Waals surface area contributed by atoms with E-state index in [4.69, 9.17) is 0 Å². The minimum atomic E-state index is 0.407. The maximum atomic E-state index is 4.27. The van der Waals surface area contributed by atoms with Crippen LogP contribution >= 0.6 is 28.6 Å². The van der Waals surface area contributed by atoms with Crippen LogP contribution in [0.25, 0.3) is 0 Å². The Kier molecular flexibility index (Phi) is 4.99. The molecule has 0 radical (unpaired) electrons. The summed E-state index contributed by atoms with van der Waals surface area (Å²) in [5, 5.41) is 3.32. The number of hydrogen-bond donors (Lipinski definition) is 2. The fourth-order valence-corrected chi connectivity index (χ4v) is 2.21. The van der Waals surface area contributed by atoms with Crippen LogP contribution in [0.15, 0.2) is 22.7 Å². The van der Waals surface area contributed by atoms with Crippen molar-refractivity contribution in [1.82, 2.24) is 5.32 Å². The van der Waals surface area contributed by atoms with Gasteiger partial charge in [-0.2, -0.15) is 12.6 Å². The first-order valence-electron chi connectivity index (χ1n) is 4.73. The fraction of sp³-hybridized carbons (Fsp3) is 0.455. The van der Waals surface area contributed by atoms with E-state index in [1.54, 1.807) is 0 Å². The molecule has 1 atom stereocenters. The normalized spacial score (nSPS) is 12.9. The van der Waals surface area contributed by atoms with E-state index in [1.165, 1.54) is 11.1 Å². The highest BCUT2D eigenvalue weighted by Crippen LogP contribution is 2.24. The summed E-state index contributed by atoms with van der Waals surface area (Å²) in [6, 6.07) is 6.80. The Labute approximate surface area is 99.8 Å². The van der Waals surface area contributed by atoms with E-state index in [2.05, 4.69) is 59.0 Å². The molecule has 0 bridgehead atoms. The van der Waals surface area contributed by atoms with Crippen molar-refractivity contribution in [1.29, 1.82) is 0 Å². The standard InChI is InChI=1S/C11H16BrNS/c1-8-3-4-9(12)7-10(8)11(13-2)5-6-14/h3-4,7,11,13-14H,5-6H2,1-2H3. The van der Waals surface area contributed by atoms with E-state index in [-0.39, 0.29) is 0 Å². The number of aryl methyl sites for hydroxylation is 1. The molecule has 1 rings (SSSR count). The Morgan fingerprint density at radius 2 is 2.21 bits per heavy atom. The number of benzene rings is 1. The second-order valence-corrected chi connectivity index (χ2v) is 4.72. The number of rotatable bonds is 4. The summed E-state index contributed by atoms with van der Waals surface area (Å²) in [6.45, 7) is 2.14. The second kappa shape index (κ2) is 5.79. The molecule has 1 nitrogen and oxygen atoms in total. The van der Waals surface area contributed by atoms with E-state index in [1.807, 2.05) is 7.05 Å². The lowest BCUT2D eigenvalue weighted by Gasteiger charge is -2.18. The van der Waals surface area contributed by atoms with Gasteiger partial charge >= 0.3 is 0 Å². The molecule has 1 unspecified atom stereocenters. The Morgan fingerprint density at radius 1 is 1.50 bits per heavy atom. The van der Waals surface area contributed by atoms with E-state index in [9.17, 15) is 0 Å². The molecule has 1 N–H and O–H groups in total. The molecule has 1 aromatic carbocycles. The SMILES string of the molecule is CNC(CCS)c1cc(Br)ccc1C. The first kappa shape index (κ1) is 12.1. The molecule has 0 aromatic heterocycles. The van der Waals surface area contributed by atoms with Crippen molar-refractivity contribution in [2.45, 2.75) is 19.4 Å². The van der Waals surface area contributed by atoms with Gasteiger partial charge in [-0.1, -0.05) is 22.0 Å². The van der Waals surface area contributed by atoms with Gasteiger partial charge in [0.25, 0.3) is 0 Å². The van der Waals surface area contributed by atoms with E-state index >= 15 is 0 Å². The summed E-state index contributed by atoms with van der Waals surface area (Å²) in [6.07, 6.45) is 1.05. The van der Waals surface area contributed by atoms with Gasteiger partial charge in [0, 0.05) is 10.5 Å². The molecule has 3 heteroatoms. The van der Waals surface area contributed by atoms with Crippen LogP contribution in [0.2, 0.25) is 0 Å². The Bertz CT molecular complexity index is 301. The molecule has 0 aliphatic carbocycles. The number of hydrogen-bond acceptors (Lipinski definition) is 2. The summed E-state index contributed by atoms with van der Waals surface area (Å²) in [7, 11) is 1.99. The van der Waals surface area contributed by atoms with Crippen molar-refractivity contribution in [3.8, 4) is 0 Å². The molecule has 0 saturated heterocycles. The zero-order valence-corrected chi connectivity index (χ0v) is 11.0. The monoisotopic (exact) mass is 273 g/mol. The van der Waals surface area contributed by atoms with Crippen molar-refractivity contribution >= 4 is 28.6 Å². The third-order valence-electron chi connectivity index (χ3n) is 2.38. The van der Waals surface area contributed by atoms with Crippen molar-refractivity contribution in [3.05, 3.63) is 33.8 Å². The molecule has 0 spiro atoms. The largest absolute Gasteiger partial charge is 0.313 e. The minimum Gasteiger partial charge on any atom is -0.313 e. The van der Waals surface area contributed by atoms with Crippen LogP contribution in [-0.4, -0.2) is 12.8 Å². The first-order valence-corrected chi connectivity index (χ1v) is 6.15. The Hall–Kier alpha value is 0.01000. The van der Waals surface area contributed by atoms with Gasteiger partial charge in [0.05, 0.1) is 0 Å². The van der Waals surface area contributed by atoms with Crippen LogP contribution in [0.1, 0.15) is 23.6 Å². The van der Waals surface area contributed by atoms with Crippen LogP contribution in [0.3, 0.4) is 0 Å². The average molecular weight is 274 g/mol. The van der Waals surface area contributed by atoms with Gasteiger partial charge in [-0.3, -0.25) is 0 Å². The molecule has 0 saturated carbocycles. The molecular weight excluding hydrogens is 258 g/mol. The highest BCUT2D eigenvalue weighted by molar-refractivity contribution is 9.10. The fourth-order valence-electron chi connectivity index (χ4n) is 1.57. The van der Waals surface area contributed by atoms with Crippen LogP contribution < -0.4 is 5.32 Å². The number of thiol groups is 1. The summed E-state index contributed by atoms with van der Waals surface area (Å²) in [4.78, 5) is 0. The van der Waals surface area contributed by atoms with Crippen LogP contribution in [0.4, 0.5) is 0 Å². The Balaban J connectivity index is 2.96. The van der Waals surface area contributed by atoms with Gasteiger partial charge in [-0.15, -0.1) is 0 Å². The maximum absolute atomic E-state index is 4.27. The molecule has 0 fully saturated rings. The molecular formula is C11H16BrNS. The maximum Gasteiger partial charge on any atom is 0.0328 e. The van der Waals surface area contributed by atoms with E-state index in [0.717, 1.165) is 16.6 Å². The molecule has 0 aliphatic rings. The molecule has 0 heterocycles. The lowest BCUT2D eigenvalue weighted by atomic mass is 10.00. The summed E-state index contributed by atoms with van der Waals surface area (Å²) >= 11 is 7.77. The average Bonchev–Trinajstić information content (AvgIpc) is 2.18.